The molecule has 132 valence electrons. The molecule has 1 aliphatic rings. The third-order valence-corrected chi connectivity index (χ3v) is 3.59. The lowest BCUT2D eigenvalue weighted by Gasteiger charge is -2.29. The number of aliphatic carboxylic acids is 1. The molecule has 0 saturated carbocycles. The van der Waals surface area contributed by atoms with Crippen molar-refractivity contribution in [2.75, 3.05) is 25.0 Å². The molecule has 24 heavy (non-hydrogen) atoms. The highest BCUT2D eigenvalue weighted by Gasteiger charge is 2.31. The van der Waals surface area contributed by atoms with Crippen molar-refractivity contribution in [1.82, 2.24) is 4.90 Å². The maximum atomic E-state index is 12.1. The number of hydrogen-bond acceptors (Lipinski definition) is 4. The maximum Gasteiger partial charge on any atom is 0.573 e. The van der Waals surface area contributed by atoms with Crippen LogP contribution in [-0.2, 0) is 9.59 Å². The molecule has 0 aromatic heterocycles. The number of ether oxygens (including phenoxy) is 1. The molecule has 1 aromatic rings. The standard InChI is InChI=1S/C15H17F3N2O4/c16-15(17,18)24-12-5-3-11(4-6-12)19-13(21)9-20-7-1-2-10(8-20)14(22)23/h3-6,10H,1-2,7-9H2,(H,19,21)(H,22,23). The number of rotatable bonds is 5. The minimum absolute atomic E-state index is 0.0323. The van der Waals surface area contributed by atoms with Gasteiger partial charge in [-0.25, -0.2) is 0 Å². The number of carboxylic acid groups (broad SMARTS) is 1. The topological polar surface area (TPSA) is 78.9 Å². The predicted molar refractivity (Wildman–Crippen MR) is 78.6 cm³/mol. The van der Waals surface area contributed by atoms with Crippen LogP contribution >= 0.6 is 0 Å². The van der Waals surface area contributed by atoms with E-state index in [0.29, 0.717) is 31.6 Å². The summed E-state index contributed by atoms with van der Waals surface area (Å²) < 4.78 is 39.9. The van der Waals surface area contributed by atoms with Crippen LogP contribution in [0.5, 0.6) is 5.75 Å². The van der Waals surface area contributed by atoms with Crippen molar-refractivity contribution in [1.29, 1.82) is 0 Å². The summed E-state index contributed by atoms with van der Waals surface area (Å²) in [5.74, 6) is -2.09. The Balaban J connectivity index is 1.85. The fourth-order valence-electron chi connectivity index (χ4n) is 2.54. The number of carboxylic acids is 1. The Morgan fingerprint density at radius 1 is 1.29 bits per heavy atom. The van der Waals surface area contributed by atoms with Crippen molar-refractivity contribution in [2.24, 2.45) is 5.92 Å². The van der Waals surface area contributed by atoms with Gasteiger partial charge >= 0.3 is 12.3 Å². The molecule has 2 N–H and O–H groups in total. The number of carbonyl (C=O) groups excluding carboxylic acids is 1. The molecule has 1 amide bonds. The predicted octanol–water partition coefficient (Wildman–Crippen LogP) is 2.32. The Hall–Kier alpha value is -2.29. The third kappa shape index (κ3) is 5.73. The van der Waals surface area contributed by atoms with E-state index >= 15 is 0 Å². The van der Waals surface area contributed by atoms with E-state index in [9.17, 15) is 22.8 Å². The quantitative estimate of drug-likeness (QED) is 0.855. The minimum Gasteiger partial charge on any atom is -0.481 e. The van der Waals surface area contributed by atoms with Gasteiger partial charge in [0.1, 0.15) is 5.75 Å². The highest BCUT2D eigenvalue weighted by atomic mass is 19.4. The first-order chi connectivity index (χ1) is 11.2. The third-order valence-electron chi connectivity index (χ3n) is 3.59. The number of carbonyl (C=O) groups is 2. The Labute approximate surface area is 136 Å². The van der Waals surface area contributed by atoms with Crippen LogP contribution < -0.4 is 10.1 Å². The summed E-state index contributed by atoms with van der Waals surface area (Å²) in [7, 11) is 0. The van der Waals surface area contributed by atoms with Crippen molar-refractivity contribution >= 4 is 17.6 Å². The first kappa shape index (κ1) is 18.1. The van der Waals surface area contributed by atoms with Gasteiger partial charge in [0.15, 0.2) is 0 Å². The Bertz CT molecular complexity index is 589. The molecule has 1 aliphatic heterocycles. The SMILES string of the molecule is O=C(CN1CCCC(C(=O)O)C1)Nc1ccc(OC(F)(F)F)cc1. The van der Waals surface area contributed by atoms with E-state index in [1.54, 1.807) is 4.90 Å². The van der Waals surface area contributed by atoms with Crippen LogP contribution in [0.3, 0.4) is 0 Å². The van der Waals surface area contributed by atoms with Gasteiger partial charge in [0.05, 0.1) is 12.5 Å². The highest BCUT2D eigenvalue weighted by molar-refractivity contribution is 5.92. The fourth-order valence-corrected chi connectivity index (χ4v) is 2.54. The summed E-state index contributed by atoms with van der Waals surface area (Å²) in [5, 5.41) is 11.6. The molecule has 1 atom stereocenters. The van der Waals surface area contributed by atoms with Crippen molar-refractivity contribution in [3.8, 4) is 5.75 Å². The summed E-state index contributed by atoms with van der Waals surface area (Å²) in [6.07, 6.45) is -3.47. The van der Waals surface area contributed by atoms with Crippen molar-refractivity contribution in [3.05, 3.63) is 24.3 Å². The lowest BCUT2D eigenvalue weighted by molar-refractivity contribution is -0.274. The molecule has 1 heterocycles. The summed E-state index contributed by atoms with van der Waals surface area (Å²) in [6, 6.07) is 4.80. The maximum absolute atomic E-state index is 12.1. The molecule has 2 rings (SSSR count). The molecule has 0 aliphatic carbocycles. The first-order valence-corrected chi connectivity index (χ1v) is 7.34. The first-order valence-electron chi connectivity index (χ1n) is 7.34. The van der Waals surface area contributed by atoms with Crippen molar-refractivity contribution < 1.29 is 32.6 Å². The van der Waals surface area contributed by atoms with Crippen molar-refractivity contribution in [2.45, 2.75) is 19.2 Å². The average Bonchev–Trinajstić information content (AvgIpc) is 2.48. The monoisotopic (exact) mass is 346 g/mol. The van der Waals surface area contributed by atoms with Crippen LogP contribution in [0.1, 0.15) is 12.8 Å². The second kappa shape index (κ2) is 7.52. The summed E-state index contributed by atoms with van der Waals surface area (Å²) in [6.45, 7) is 0.973. The molecule has 0 spiro atoms. The summed E-state index contributed by atoms with van der Waals surface area (Å²) in [4.78, 5) is 24.7. The van der Waals surface area contributed by atoms with Crippen LogP contribution in [0.25, 0.3) is 0 Å². The second-order valence-electron chi connectivity index (χ2n) is 5.53. The molecule has 0 radical (unpaired) electrons. The van der Waals surface area contributed by atoms with Crippen molar-refractivity contribution in [3.63, 3.8) is 0 Å². The van der Waals surface area contributed by atoms with E-state index in [4.69, 9.17) is 5.11 Å². The molecule has 0 bridgehead atoms. The van der Waals surface area contributed by atoms with Crippen LogP contribution in [-0.4, -0.2) is 47.9 Å². The Kier molecular flexibility index (Phi) is 5.66. The number of amides is 1. The molecule has 6 nitrogen and oxygen atoms in total. The van der Waals surface area contributed by atoms with Gasteiger partial charge in [-0.2, -0.15) is 0 Å². The second-order valence-corrected chi connectivity index (χ2v) is 5.53. The minimum atomic E-state index is -4.76. The van der Waals surface area contributed by atoms with Gasteiger partial charge in [0, 0.05) is 12.2 Å². The average molecular weight is 346 g/mol. The zero-order valence-electron chi connectivity index (χ0n) is 12.7. The van der Waals surface area contributed by atoms with Gasteiger partial charge in [-0.3, -0.25) is 14.5 Å². The largest absolute Gasteiger partial charge is 0.573 e. The molecular weight excluding hydrogens is 329 g/mol. The number of hydrogen-bond donors (Lipinski definition) is 2. The zero-order valence-corrected chi connectivity index (χ0v) is 12.7. The number of nitrogens with one attached hydrogen (secondary N) is 1. The normalized spacial score (nSPS) is 18.9. The zero-order chi connectivity index (χ0) is 17.7. The van der Waals surface area contributed by atoms with Crippen LogP contribution in [0.15, 0.2) is 24.3 Å². The van der Waals surface area contributed by atoms with Gasteiger partial charge in [0.25, 0.3) is 0 Å². The number of anilines is 1. The van der Waals surface area contributed by atoms with Crippen LogP contribution in [0.2, 0.25) is 0 Å². The molecule has 9 heteroatoms. The molecule has 1 fully saturated rings. The number of likely N-dealkylation sites (tertiary alicyclic amines) is 1. The van der Waals surface area contributed by atoms with Gasteiger partial charge in [-0.1, -0.05) is 0 Å². The molecule has 1 aromatic carbocycles. The highest BCUT2D eigenvalue weighted by Crippen LogP contribution is 2.24. The number of nitrogens with zero attached hydrogens (tertiary/aromatic N) is 1. The lowest BCUT2D eigenvalue weighted by Crippen LogP contribution is -2.42. The Morgan fingerprint density at radius 3 is 2.54 bits per heavy atom. The number of benzene rings is 1. The van der Waals surface area contributed by atoms with Gasteiger partial charge in [-0.05, 0) is 43.7 Å². The van der Waals surface area contributed by atoms with Crippen LogP contribution in [0.4, 0.5) is 18.9 Å². The van der Waals surface area contributed by atoms with Gasteiger partial charge in [0.2, 0.25) is 5.91 Å². The molecule has 1 saturated heterocycles. The number of halogens is 3. The fraction of sp³-hybridized carbons (Fsp3) is 0.467. The van der Waals surface area contributed by atoms with Gasteiger partial charge in [-0.15, -0.1) is 13.2 Å². The van der Waals surface area contributed by atoms with E-state index in [2.05, 4.69) is 10.1 Å². The molecule has 1 unspecified atom stereocenters. The lowest BCUT2D eigenvalue weighted by atomic mass is 9.98. The van der Waals surface area contributed by atoms with E-state index in [-0.39, 0.29) is 18.2 Å². The van der Waals surface area contributed by atoms with Gasteiger partial charge < -0.3 is 15.2 Å². The number of alkyl halides is 3. The Morgan fingerprint density at radius 2 is 1.96 bits per heavy atom. The summed E-state index contributed by atoms with van der Waals surface area (Å²) >= 11 is 0. The molecular formula is C15H17F3N2O4. The summed E-state index contributed by atoms with van der Waals surface area (Å²) in [5.41, 5.74) is 0.335. The smallest absolute Gasteiger partial charge is 0.481 e. The van der Waals surface area contributed by atoms with E-state index in [1.807, 2.05) is 0 Å². The number of piperidine rings is 1. The van der Waals surface area contributed by atoms with E-state index in [0.717, 1.165) is 12.1 Å². The van der Waals surface area contributed by atoms with E-state index < -0.39 is 18.2 Å². The van der Waals surface area contributed by atoms with Crippen LogP contribution in [0, 0.1) is 5.92 Å². The van der Waals surface area contributed by atoms with E-state index in [1.165, 1.54) is 12.1 Å².